The van der Waals surface area contributed by atoms with Gasteiger partial charge in [0.2, 0.25) is 0 Å². The molecular weight excluding hydrogens is 161 g/mol. The first-order valence-corrected chi connectivity index (χ1v) is 1.86. The average molecular weight is 168 g/mol. The molecule has 6 heteroatoms. The molecule has 0 radical (unpaired) electrons. The van der Waals surface area contributed by atoms with Gasteiger partial charge in [-0.25, -0.2) is 4.39 Å². The number of hydrogen-bond acceptors (Lipinski definition) is 1. The van der Waals surface area contributed by atoms with Crippen molar-refractivity contribution in [1.82, 2.24) is 0 Å². The Morgan fingerprint density at radius 2 is 1.67 bits per heavy atom. The van der Waals surface area contributed by atoms with Crippen molar-refractivity contribution in [2.45, 2.75) is 12.2 Å². The minimum absolute atomic E-state index is 0. The number of nitrogens with two attached hydrogens (primary N) is 1. The zero-order valence-electron chi connectivity index (χ0n) is 4.28. The van der Waals surface area contributed by atoms with Crippen LogP contribution in [0.1, 0.15) is 0 Å². The molecule has 0 amide bonds. The highest BCUT2D eigenvalue weighted by Gasteiger charge is 2.36. The Morgan fingerprint density at radius 1 is 1.33 bits per heavy atom. The Hall–Kier alpha value is -0.0300. The first-order valence-electron chi connectivity index (χ1n) is 1.86. The van der Waals surface area contributed by atoms with Crippen LogP contribution >= 0.6 is 12.4 Å². The van der Waals surface area contributed by atoms with Crippen LogP contribution in [-0.4, -0.2) is 18.9 Å². The van der Waals surface area contributed by atoms with E-state index in [1.165, 1.54) is 0 Å². The van der Waals surface area contributed by atoms with E-state index in [9.17, 15) is 17.6 Å². The molecular formula is C3H6ClF4N. The van der Waals surface area contributed by atoms with Crippen LogP contribution in [0, 0.1) is 0 Å². The van der Waals surface area contributed by atoms with Crippen LogP contribution in [0.15, 0.2) is 0 Å². The first kappa shape index (κ1) is 11.7. The van der Waals surface area contributed by atoms with Crippen molar-refractivity contribution in [2.24, 2.45) is 5.73 Å². The molecule has 0 aromatic heterocycles. The van der Waals surface area contributed by atoms with E-state index >= 15 is 0 Å². The van der Waals surface area contributed by atoms with Crippen LogP contribution in [0.3, 0.4) is 0 Å². The van der Waals surface area contributed by atoms with Gasteiger partial charge in [0.05, 0.1) is 0 Å². The zero-order chi connectivity index (χ0) is 6.78. The summed E-state index contributed by atoms with van der Waals surface area (Å²) in [4.78, 5) is 0. The largest absolute Gasteiger partial charge is 0.406 e. The quantitative estimate of drug-likeness (QED) is 0.585. The van der Waals surface area contributed by atoms with Crippen molar-refractivity contribution in [3.8, 4) is 0 Å². The second kappa shape index (κ2) is 3.90. The van der Waals surface area contributed by atoms with Gasteiger partial charge in [-0.1, -0.05) is 0 Å². The molecule has 9 heavy (non-hydrogen) atoms. The SMILES string of the molecule is Cl.N[C@H](CF)C(F)(F)F. The molecule has 0 aromatic carbocycles. The van der Waals surface area contributed by atoms with Crippen molar-refractivity contribution < 1.29 is 17.6 Å². The molecule has 0 aliphatic heterocycles. The lowest BCUT2D eigenvalue weighted by Gasteiger charge is -2.09. The highest BCUT2D eigenvalue weighted by Crippen LogP contribution is 2.17. The van der Waals surface area contributed by atoms with Crippen molar-refractivity contribution in [3.63, 3.8) is 0 Å². The van der Waals surface area contributed by atoms with Crippen molar-refractivity contribution in [2.75, 3.05) is 6.67 Å². The fourth-order valence-electron chi connectivity index (χ4n) is 0.0875. The summed E-state index contributed by atoms with van der Waals surface area (Å²) < 4.78 is 44.3. The molecule has 0 saturated carbocycles. The van der Waals surface area contributed by atoms with E-state index < -0.39 is 18.9 Å². The Morgan fingerprint density at radius 3 is 1.67 bits per heavy atom. The summed E-state index contributed by atoms with van der Waals surface area (Å²) in [6, 6.07) is -2.32. The summed E-state index contributed by atoms with van der Waals surface area (Å²) in [6.45, 7) is -1.55. The molecule has 58 valence electrons. The summed E-state index contributed by atoms with van der Waals surface area (Å²) >= 11 is 0. The van der Waals surface area contributed by atoms with Gasteiger partial charge in [-0.3, -0.25) is 0 Å². The summed E-state index contributed by atoms with van der Waals surface area (Å²) in [5.41, 5.74) is 4.25. The summed E-state index contributed by atoms with van der Waals surface area (Å²) in [7, 11) is 0. The van der Waals surface area contributed by atoms with Crippen LogP contribution in [0.25, 0.3) is 0 Å². The van der Waals surface area contributed by atoms with Gasteiger partial charge in [0.25, 0.3) is 0 Å². The Bertz CT molecular complexity index is 72.7. The summed E-state index contributed by atoms with van der Waals surface area (Å²) in [5, 5.41) is 0. The predicted octanol–water partition coefficient (Wildman–Crippen LogP) is 1.27. The minimum Gasteiger partial charge on any atom is -0.318 e. The predicted molar refractivity (Wildman–Crippen MR) is 27.3 cm³/mol. The van der Waals surface area contributed by atoms with E-state index in [2.05, 4.69) is 5.73 Å². The molecule has 0 fully saturated rings. The standard InChI is InChI=1S/C3H5F4N.ClH/c4-1-2(8)3(5,6)7;/h2H,1,8H2;1H/t2-;/m1./s1. The number of hydrogen-bond donors (Lipinski definition) is 1. The number of halogens is 5. The Labute approximate surface area is 55.6 Å². The summed E-state index contributed by atoms with van der Waals surface area (Å²) in [6.07, 6.45) is -4.59. The molecule has 0 unspecified atom stereocenters. The van der Waals surface area contributed by atoms with Gasteiger partial charge in [0.15, 0.2) is 0 Å². The zero-order valence-corrected chi connectivity index (χ0v) is 5.10. The Kier molecular flexibility index (Phi) is 5.08. The average Bonchev–Trinajstić information content (AvgIpc) is 1.62. The molecule has 0 aromatic rings. The number of alkyl halides is 4. The van der Waals surface area contributed by atoms with Crippen LogP contribution in [0.5, 0.6) is 0 Å². The molecule has 0 aliphatic rings. The van der Waals surface area contributed by atoms with Crippen LogP contribution in [0.4, 0.5) is 17.6 Å². The van der Waals surface area contributed by atoms with Crippen LogP contribution in [0.2, 0.25) is 0 Å². The van der Waals surface area contributed by atoms with Gasteiger partial charge in [-0.05, 0) is 0 Å². The van der Waals surface area contributed by atoms with Gasteiger partial charge in [0.1, 0.15) is 12.7 Å². The van der Waals surface area contributed by atoms with E-state index in [-0.39, 0.29) is 12.4 Å². The van der Waals surface area contributed by atoms with E-state index in [0.717, 1.165) is 0 Å². The molecule has 1 nitrogen and oxygen atoms in total. The molecule has 0 saturated heterocycles. The second-order valence-corrected chi connectivity index (χ2v) is 1.30. The fourth-order valence-corrected chi connectivity index (χ4v) is 0.0875. The number of rotatable bonds is 1. The molecule has 0 aliphatic carbocycles. The van der Waals surface area contributed by atoms with E-state index in [4.69, 9.17) is 0 Å². The summed E-state index contributed by atoms with van der Waals surface area (Å²) in [5.74, 6) is 0. The van der Waals surface area contributed by atoms with Gasteiger partial charge < -0.3 is 5.73 Å². The van der Waals surface area contributed by atoms with Crippen LogP contribution < -0.4 is 5.73 Å². The third-order valence-corrected chi connectivity index (χ3v) is 0.587. The molecule has 0 heterocycles. The second-order valence-electron chi connectivity index (χ2n) is 1.30. The van der Waals surface area contributed by atoms with E-state index in [1.807, 2.05) is 0 Å². The van der Waals surface area contributed by atoms with Crippen molar-refractivity contribution >= 4 is 12.4 Å². The van der Waals surface area contributed by atoms with E-state index in [0.29, 0.717) is 0 Å². The first-order chi connectivity index (χ1) is 3.48. The fraction of sp³-hybridized carbons (Fsp3) is 1.00. The van der Waals surface area contributed by atoms with Gasteiger partial charge in [-0.15, -0.1) is 12.4 Å². The van der Waals surface area contributed by atoms with Gasteiger partial charge >= 0.3 is 6.18 Å². The Balaban J connectivity index is 0. The topological polar surface area (TPSA) is 26.0 Å². The molecule has 0 spiro atoms. The van der Waals surface area contributed by atoms with Crippen molar-refractivity contribution in [1.29, 1.82) is 0 Å². The maximum Gasteiger partial charge on any atom is 0.406 e. The van der Waals surface area contributed by atoms with Crippen LogP contribution in [-0.2, 0) is 0 Å². The maximum absolute atomic E-state index is 11.1. The van der Waals surface area contributed by atoms with Crippen molar-refractivity contribution in [3.05, 3.63) is 0 Å². The normalized spacial score (nSPS) is 14.3. The monoisotopic (exact) mass is 167 g/mol. The lowest BCUT2D eigenvalue weighted by Crippen LogP contribution is -2.38. The van der Waals surface area contributed by atoms with Gasteiger partial charge in [-0.2, -0.15) is 13.2 Å². The highest BCUT2D eigenvalue weighted by molar-refractivity contribution is 5.85. The van der Waals surface area contributed by atoms with E-state index in [1.54, 1.807) is 0 Å². The lowest BCUT2D eigenvalue weighted by molar-refractivity contribution is -0.150. The molecule has 0 rings (SSSR count). The maximum atomic E-state index is 11.1. The molecule has 2 N–H and O–H groups in total. The molecule has 1 atom stereocenters. The molecule has 0 bridgehead atoms. The minimum atomic E-state index is -4.59. The lowest BCUT2D eigenvalue weighted by atomic mass is 10.3. The third-order valence-electron chi connectivity index (χ3n) is 0.587. The highest BCUT2D eigenvalue weighted by atomic mass is 35.5. The van der Waals surface area contributed by atoms with Gasteiger partial charge in [0, 0.05) is 0 Å². The smallest absolute Gasteiger partial charge is 0.318 e. The third kappa shape index (κ3) is 4.47.